The fourth-order valence-corrected chi connectivity index (χ4v) is 1.71. The van der Waals surface area contributed by atoms with Gasteiger partial charge in [0.25, 0.3) is 0 Å². The summed E-state index contributed by atoms with van der Waals surface area (Å²) in [5, 5.41) is 9.51. The molecule has 5 nitrogen and oxygen atoms in total. The van der Waals surface area contributed by atoms with Crippen molar-refractivity contribution in [3.05, 3.63) is 23.8 Å². The molecule has 0 aliphatic heterocycles. The molecule has 0 unspecified atom stereocenters. The zero-order valence-electron chi connectivity index (χ0n) is 11.9. The first-order valence-corrected chi connectivity index (χ1v) is 6.11. The van der Waals surface area contributed by atoms with E-state index in [-0.39, 0.29) is 11.7 Å². The molecule has 1 rings (SSSR count). The van der Waals surface area contributed by atoms with Gasteiger partial charge in [-0.2, -0.15) is 0 Å². The van der Waals surface area contributed by atoms with Gasteiger partial charge in [-0.05, 0) is 31.5 Å². The van der Waals surface area contributed by atoms with E-state index < -0.39 is 5.54 Å². The molecular formula is C14H22N2O3. The molecule has 19 heavy (non-hydrogen) atoms. The number of benzene rings is 1. The fourth-order valence-electron chi connectivity index (χ4n) is 1.71. The van der Waals surface area contributed by atoms with E-state index in [0.717, 1.165) is 5.56 Å². The maximum atomic E-state index is 11.9. The van der Waals surface area contributed by atoms with Gasteiger partial charge in [0, 0.05) is 25.6 Å². The summed E-state index contributed by atoms with van der Waals surface area (Å²) in [5.41, 5.74) is 6.21. The van der Waals surface area contributed by atoms with Crippen molar-refractivity contribution in [3.8, 4) is 11.5 Å². The maximum absolute atomic E-state index is 11.9. The molecule has 0 fully saturated rings. The van der Waals surface area contributed by atoms with E-state index >= 15 is 0 Å². The number of rotatable bonds is 5. The highest BCUT2D eigenvalue weighted by Crippen LogP contribution is 2.26. The predicted octanol–water partition coefficient (Wildman–Crippen LogP) is 1.49. The Bertz CT molecular complexity index is 452. The number of carbonyl (C=O) groups is 1. The number of phenolic OH excluding ortho intramolecular Hbond substituents is 1. The van der Waals surface area contributed by atoms with Gasteiger partial charge in [0.15, 0.2) is 11.5 Å². The Balaban J connectivity index is 2.71. The number of hydrogen-bond donors (Lipinski definition) is 2. The topological polar surface area (TPSA) is 75.8 Å². The highest BCUT2D eigenvalue weighted by molar-refractivity contribution is 5.77. The van der Waals surface area contributed by atoms with Crippen LogP contribution in [0.2, 0.25) is 0 Å². The first-order chi connectivity index (χ1) is 8.73. The van der Waals surface area contributed by atoms with Crippen LogP contribution in [0.4, 0.5) is 0 Å². The van der Waals surface area contributed by atoms with Crippen LogP contribution in [0.15, 0.2) is 18.2 Å². The van der Waals surface area contributed by atoms with E-state index in [1.165, 1.54) is 7.11 Å². The summed E-state index contributed by atoms with van der Waals surface area (Å²) in [5.74, 6) is 0.473. The highest BCUT2D eigenvalue weighted by Gasteiger charge is 2.19. The lowest BCUT2D eigenvalue weighted by molar-refractivity contribution is -0.131. The second kappa shape index (κ2) is 5.93. The Kier molecular flexibility index (Phi) is 4.78. The van der Waals surface area contributed by atoms with Crippen LogP contribution in [0.1, 0.15) is 25.8 Å². The second-order valence-electron chi connectivity index (χ2n) is 5.42. The number of phenols is 1. The first-order valence-electron chi connectivity index (χ1n) is 6.11. The number of ether oxygens (including phenoxy) is 1. The summed E-state index contributed by atoms with van der Waals surface area (Å²) in [6.45, 7) is 4.09. The summed E-state index contributed by atoms with van der Waals surface area (Å²) in [4.78, 5) is 13.6. The summed E-state index contributed by atoms with van der Waals surface area (Å²) in [7, 11) is 3.22. The molecular weight excluding hydrogens is 244 g/mol. The molecule has 3 N–H and O–H groups in total. The van der Waals surface area contributed by atoms with E-state index in [9.17, 15) is 9.90 Å². The van der Waals surface area contributed by atoms with Crippen molar-refractivity contribution in [1.29, 1.82) is 0 Å². The maximum Gasteiger partial charge on any atom is 0.224 e. The lowest BCUT2D eigenvalue weighted by Gasteiger charge is -2.23. The van der Waals surface area contributed by atoms with Gasteiger partial charge in [-0.25, -0.2) is 0 Å². The average molecular weight is 266 g/mol. The number of carbonyl (C=O) groups excluding carboxylic acids is 1. The smallest absolute Gasteiger partial charge is 0.224 e. The van der Waals surface area contributed by atoms with Crippen LogP contribution in [-0.4, -0.2) is 35.6 Å². The second-order valence-corrected chi connectivity index (χ2v) is 5.42. The Morgan fingerprint density at radius 3 is 2.63 bits per heavy atom. The standard InChI is InChI=1S/C14H22N2O3/c1-14(2,15)8-13(18)16(3)9-10-5-6-11(17)12(7-10)19-4/h5-7,17H,8-9,15H2,1-4H3. The average Bonchev–Trinajstić information content (AvgIpc) is 2.29. The van der Waals surface area contributed by atoms with Crippen molar-refractivity contribution in [1.82, 2.24) is 4.90 Å². The number of methoxy groups -OCH3 is 1. The van der Waals surface area contributed by atoms with Crippen LogP contribution in [0, 0.1) is 0 Å². The van der Waals surface area contributed by atoms with E-state index in [2.05, 4.69) is 0 Å². The van der Waals surface area contributed by atoms with E-state index in [1.807, 2.05) is 13.8 Å². The largest absolute Gasteiger partial charge is 0.504 e. The van der Waals surface area contributed by atoms with Crippen molar-refractivity contribution in [3.63, 3.8) is 0 Å². The van der Waals surface area contributed by atoms with Crippen LogP contribution < -0.4 is 10.5 Å². The zero-order chi connectivity index (χ0) is 14.6. The Morgan fingerprint density at radius 2 is 2.11 bits per heavy atom. The minimum Gasteiger partial charge on any atom is -0.504 e. The number of aromatic hydroxyl groups is 1. The Morgan fingerprint density at radius 1 is 1.47 bits per heavy atom. The van der Waals surface area contributed by atoms with Crippen molar-refractivity contribution in [2.24, 2.45) is 5.73 Å². The molecule has 5 heteroatoms. The van der Waals surface area contributed by atoms with E-state index in [1.54, 1.807) is 30.1 Å². The zero-order valence-corrected chi connectivity index (χ0v) is 11.9. The van der Waals surface area contributed by atoms with Crippen molar-refractivity contribution in [2.45, 2.75) is 32.4 Å². The normalized spacial score (nSPS) is 11.2. The van der Waals surface area contributed by atoms with E-state index in [0.29, 0.717) is 18.7 Å². The van der Waals surface area contributed by atoms with Crippen LogP contribution in [-0.2, 0) is 11.3 Å². The lowest BCUT2D eigenvalue weighted by atomic mass is 10.0. The molecule has 1 amide bonds. The molecule has 1 aromatic rings. The molecule has 0 saturated carbocycles. The van der Waals surface area contributed by atoms with Crippen molar-refractivity contribution in [2.75, 3.05) is 14.2 Å². The highest BCUT2D eigenvalue weighted by atomic mass is 16.5. The molecule has 0 aliphatic carbocycles. The van der Waals surface area contributed by atoms with Crippen molar-refractivity contribution >= 4 is 5.91 Å². The van der Waals surface area contributed by atoms with Crippen LogP contribution in [0.25, 0.3) is 0 Å². The summed E-state index contributed by atoms with van der Waals surface area (Å²) in [6, 6.07) is 5.03. The summed E-state index contributed by atoms with van der Waals surface area (Å²) >= 11 is 0. The molecule has 1 aromatic carbocycles. The van der Waals surface area contributed by atoms with Crippen molar-refractivity contribution < 1.29 is 14.6 Å². The van der Waals surface area contributed by atoms with Crippen LogP contribution in [0.3, 0.4) is 0 Å². The molecule has 0 saturated heterocycles. The third kappa shape index (κ3) is 4.79. The van der Waals surface area contributed by atoms with Gasteiger partial charge in [-0.3, -0.25) is 4.79 Å². The fraction of sp³-hybridized carbons (Fsp3) is 0.500. The molecule has 0 spiro atoms. The number of hydrogen-bond acceptors (Lipinski definition) is 4. The number of nitrogens with two attached hydrogens (primary N) is 1. The Labute approximate surface area is 114 Å². The molecule has 0 radical (unpaired) electrons. The number of amides is 1. The van der Waals surface area contributed by atoms with Gasteiger partial charge in [0.1, 0.15) is 0 Å². The third-order valence-electron chi connectivity index (χ3n) is 2.70. The molecule has 106 valence electrons. The van der Waals surface area contributed by atoms with Gasteiger partial charge >= 0.3 is 0 Å². The first kappa shape index (κ1) is 15.3. The molecule has 0 heterocycles. The number of nitrogens with zero attached hydrogens (tertiary/aromatic N) is 1. The Hall–Kier alpha value is -1.75. The van der Waals surface area contributed by atoms with Crippen LogP contribution in [0.5, 0.6) is 11.5 Å². The SMILES string of the molecule is COc1cc(CN(C)C(=O)CC(C)(C)N)ccc1O. The van der Waals surface area contributed by atoms with Gasteiger partial charge < -0.3 is 20.5 Å². The summed E-state index contributed by atoms with van der Waals surface area (Å²) in [6.07, 6.45) is 0.290. The predicted molar refractivity (Wildman–Crippen MR) is 74.0 cm³/mol. The minimum absolute atomic E-state index is 0.0143. The molecule has 0 aromatic heterocycles. The molecule has 0 aliphatic rings. The van der Waals surface area contributed by atoms with Gasteiger partial charge in [-0.15, -0.1) is 0 Å². The van der Waals surface area contributed by atoms with E-state index in [4.69, 9.17) is 10.5 Å². The van der Waals surface area contributed by atoms with Crippen LogP contribution >= 0.6 is 0 Å². The van der Waals surface area contributed by atoms with Gasteiger partial charge in [0.2, 0.25) is 5.91 Å². The van der Waals surface area contributed by atoms with Gasteiger partial charge in [0.05, 0.1) is 7.11 Å². The summed E-state index contributed by atoms with van der Waals surface area (Å²) < 4.78 is 5.03. The lowest BCUT2D eigenvalue weighted by Crippen LogP contribution is -2.39. The third-order valence-corrected chi connectivity index (χ3v) is 2.70. The van der Waals surface area contributed by atoms with Gasteiger partial charge in [-0.1, -0.05) is 6.07 Å². The molecule has 0 atom stereocenters. The minimum atomic E-state index is -0.516. The quantitative estimate of drug-likeness (QED) is 0.846. The monoisotopic (exact) mass is 266 g/mol. The molecule has 0 bridgehead atoms.